The Morgan fingerprint density at radius 2 is 2.22 bits per heavy atom. The maximum atomic E-state index is 9.42. The molecule has 1 saturated carbocycles. The number of aromatic amines is 1. The second-order valence-corrected chi connectivity index (χ2v) is 6.74. The lowest BCUT2D eigenvalue weighted by atomic mass is 10.0. The monoisotopic (exact) mass is 367 g/mol. The molecule has 1 N–H and O–H groups in total. The molecule has 0 bridgehead atoms. The van der Waals surface area contributed by atoms with Crippen LogP contribution in [-0.4, -0.2) is 16.6 Å². The van der Waals surface area contributed by atoms with Gasteiger partial charge in [-0.2, -0.15) is 5.26 Å². The number of hydrogen-bond acceptors (Lipinski definition) is 3. The molecule has 0 radical (unpaired) electrons. The number of halogens is 1. The summed E-state index contributed by atoms with van der Waals surface area (Å²) in [5, 5.41) is 10.4. The molecule has 1 fully saturated rings. The number of hydrogen-bond donors (Lipinski definition) is 1. The number of fused-ring (bicyclic) bond motifs is 1. The van der Waals surface area contributed by atoms with Gasteiger partial charge in [-0.15, -0.1) is 0 Å². The molecule has 0 aliphatic heterocycles. The van der Waals surface area contributed by atoms with E-state index in [9.17, 15) is 5.26 Å². The zero-order valence-electron chi connectivity index (χ0n) is 12.3. The highest BCUT2D eigenvalue weighted by Gasteiger charge is 2.22. The van der Waals surface area contributed by atoms with E-state index in [4.69, 9.17) is 4.74 Å². The second-order valence-electron chi connectivity index (χ2n) is 5.83. The van der Waals surface area contributed by atoms with Crippen LogP contribution >= 0.6 is 15.9 Å². The SMILES string of the molecule is N#Cc1cc(-c2c[nH]c3ncc(Br)cc23)ccc1OCC1CC1. The Labute approximate surface area is 142 Å². The lowest BCUT2D eigenvalue weighted by molar-refractivity contribution is 0.299. The van der Waals surface area contributed by atoms with Gasteiger partial charge in [-0.1, -0.05) is 6.07 Å². The maximum Gasteiger partial charge on any atom is 0.137 e. The molecule has 23 heavy (non-hydrogen) atoms. The molecule has 3 aromatic rings. The topological polar surface area (TPSA) is 61.7 Å². The van der Waals surface area contributed by atoms with Gasteiger partial charge in [0, 0.05) is 27.8 Å². The zero-order chi connectivity index (χ0) is 15.8. The molecule has 1 aromatic carbocycles. The van der Waals surface area contributed by atoms with Gasteiger partial charge in [0.1, 0.15) is 17.5 Å². The van der Waals surface area contributed by atoms with E-state index in [-0.39, 0.29) is 0 Å². The standard InChI is InChI=1S/C18H14BrN3O/c19-14-6-15-16(9-22-18(15)21-8-14)12-3-4-17(13(5-12)7-20)23-10-11-1-2-11/h3-6,8-9,11H,1-2,10H2,(H,21,22). The third-order valence-corrected chi connectivity index (χ3v) is 4.51. The van der Waals surface area contributed by atoms with Crippen LogP contribution in [-0.2, 0) is 0 Å². The zero-order valence-corrected chi connectivity index (χ0v) is 13.9. The van der Waals surface area contributed by atoms with Gasteiger partial charge < -0.3 is 9.72 Å². The fourth-order valence-corrected chi connectivity index (χ4v) is 2.95. The van der Waals surface area contributed by atoms with Crippen LogP contribution in [0.3, 0.4) is 0 Å². The molecular weight excluding hydrogens is 354 g/mol. The first-order valence-corrected chi connectivity index (χ1v) is 8.34. The van der Waals surface area contributed by atoms with Crippen LogP contribution in [0, 0.1) is 17.2 Å². The lowest BCUT2D eigenvalue weighted by Crippen LogP contribution is -2.00. The summed E-state index contributed by atoms with van der Waals surface area (Å²) in [6.07, 6.45) is 6.15. The third-order valence-electron chi connectivity index (χ3n) is 4.08. The molecule has 0 spiro atoms. The van der Waals surface area contributed by atoms with Gasteiger partial charge in [0.05, 0.1) is 12.2 Å². The molecule has 1 aliphatic carbocycles. The quantitative estimate of drug-likeness (QED) is 0.729. The van der Waals surface area contributed by atoms with Crippen LogP contribution in [0.4, 0.5) is 0 Å². The summed E-state index contributed by atoms with van der Waals surface area (Å²) in [5.74, 6) is 1.33. The van der Waals surface area contributed by atoms with E-state index in [0.717, 1.165) is 26.6 Å². The lowest BCUT2D eigenvalue weighted by Gasteiger charge is -2.08. The number of nitriles is 1. The maximum absolute atomic E-state index is 9.42. The fourth-order valence-electron chi connectivity index (χ4n) is 2.62. The molecule has 114 valence electrons. The Morgan fingerprint density at radius 3 is 3.00 bits per heavy atom. The minimum atomic E-state index is 0.570. The molecule has 2 heterocycles. The molecule has 0 saturated heterocycles. The smallest absolute Gasteiger partial charge is 0.137 e. The van der Waals surface area contributed by atoms with Crippen molar-refractivity contribution in [2.45, 2.75) is 12.8 Å². The highest BCUT2D eigenvalue weighted by atomic mass is 79.9. The molecule has 0 atom stereocenters. The van der Waals surface area contributed by atoms with Gasteiger partial charge in [-0.3, -0.25) is 0 Å². The Bertz CT molecular complexity index is 922. The summed E-state index contributed by atoms with van der Waals surface area (Å²) in [6.45, 7) is 0.706. The Kier molecular flexibility index (Phi) is 3.55. The van der Waals surface area contributed by atoms with Crippen LogP contribution in [0.2, 0.25) is 0 Å². The van der Waals surface area contributed by atoms with Crippen molar-refractivity contribution >= 4 is 27.0 Å². The van der Waals surface area contributed by atoms with Crippen molar-refractivity contribution in [1.82, 2.24) is 9.97 Å². The Hall–Kier alpha value is -2.32. The van der Waals surface area contributed by atoms with E-state index in [0.29, 0.717) is 23.8 Å². The summed E-state index contributed by atoms with van der Waals surface area (Å²) in [7, 11) is 0. The van der Waals surface area contributed by atoms with Crippen LogP contribution in [0.25, 0.3) is 22.2 Å². The minimum absolute atomic E-state index is 0.570. The first-order chi connectivity index (χ1) is 11.2. The molecule has 1 aliphatic rings. The van der Waals surface area contributed by atoms with Crippen LogP contribution in [0.5, 0.6) is 5.75 Å². The number of benzene rings is 1. The van der Waals surface area contributed by atoms with Crippen LogP contribution in [0.1, 0.15) is 18.4 Å². The fraction of sp³-hybridized carbons (Fsp3) is 0.222. The van der Waals surface area contributed by atoms with Crippen molar-refractivity contribution in [1.29, 1.82) is 5.26 Å². The average Bonchev–Trinajstić information content (AvgIpc) is 3.31. The van der Waals surface area contributed by atoms with Crippen LogP contribution < -0.4 is 4.74 Å². The molecule has 2 aromatic heterocycles. The van der Waals surface area contributed by atoms with E-state index in [2.05, 4.69) is 32.0 Å². The van der Waals surface area contributed by atoms with E-state index >= 15 is 0 Å². The molecule has 4 nitrogen and oxygen atoms in total. The van der Waals surface area contributed by atoms with Crippen LogP contribution in [0.15, 0.2) is 41.1 Å². The van der Waals surface area contributed by atoms with Crippen molar-refractivity contribution in [2.75, 3.05) is 6.61 Å². The van der Waals surface area contributed by atoms with Crippen molar-refractivity contribution in [3.05, 3.63) is 46.7 Å². The molecule has 0 amide bonds. The summed E-state index contributed by atoms with van der Waals surface area (Å²) in [6, 6.07) is 10.0. The predicted octanol–water partition coefficient (Wildman–Crippen LogP) is 4.65. The molecular formula is C18H14BrN3O. The van der Waals surface area contributed by atoms with Gasteiger partial charge in [0.25, 0.3) is 0 Å². The summed E-state index contributed by atoms with van der Waals surface area (Å²) in [4.78, 5) is 7.52. The van der Waals surface area contributed by atoms with E-state index < -0.39 is 0 Å². The summed E-state index contributed by atoms with van der Waals surface area (Å²) in [5.41, 5.74) is 3.40. The first-order valence-electron chi connectivity index (χ1n) is 7.54. The van der Waals surface area contributed by atoms with E-state index in [1.807, 2.05) is 30.5 Å². The Morgan fingerprint density at radius 1 is 1.35 bits per heavy atom. The van der Waals surface area contributed by atoms with Gasteiger partial charge in [-0.05, 0) is 58.5 Å². The number of pyridine rings is 1. The third kappa shape index (κ3) is 2.82. The number of nitrogens with zero attached hydrogens (tertiary/aromatic N) is 2. The Balaban J connectivity index is 1.72. The van der Waals surface area contributed by atoms with Gasteiger partial charge in [0.15, 0.2) is 0 Å². The van der Waals surface area contributed by atoms with Gasteiger partial charge in [-0.25, -0.2) is 4.98 Å². The first kappa shape index (κ1) is 14.3. The van der Waals surface area contributed by atoms with Crippen molar-refractivity contribution in [2.24, 2.45) is 5.92 Å². The van der Waals surface area contributed by atoms with E-state index in [1.54, 1.807) is 6.20 Å². The molecule has 5 heteroatoms. The van der Waals surface area contributed by atoms with Crippen molar-refractivity contribution < 1.29 is 4.74 Å². The number of aromatic nitrogens is 2. The van der Waals surface area contributed by atoms with Gasteiger partial charge >= 0.3 is 0 Å². The second kappa shape index (κ2) is 5.71. The number of ether oxygens (including phenoxy) is 1. The van der Waals surface area contributed by atoms with Gasteiger partial charge in [0.2, 0.25) is 0 Å². The summed E-state index contributed by atoms with van der Waals surface area (Å²) < 4.78 is 6.71. The summed E-state index contributed by atoms with van der Waals surface area (Å²) >= 11 is 3.45. The van der Waals surface area contributed by atoms with E-state index in [1.165, 1.54) is 12.8 Å². The normalized spacial score (nSPS) is 13.9. The largest absolute Gasteiger partial charge is 0.492 e. The van der Waals surface area contributed by atoms with Crippen molar-refractivity contribution in [3.63, 3.8) is 0 Å². The number of H-pyrrole nitrogens is 1. The average molecular weight is 368 g/mol. The highest BCUT2D eigenvalue weighted by Crippen LogP contribution is 2.34. The highest BCUT2D eigenvalue weighted by molar-refractivity contribution is 9.10. The molecule has 4 rings (SSSR count). The number of nitrogens with one attached hydrogen (secondary N) is 1. The predicted molar refractivity (Wildman–Crippen MR) is 92.2 cm³/mol. The molecule has 0 unspecified atom stereocenters. The van der Waals surface area contributed by atoms with Crippen molar-refractivity contribution in [3.8, 4) is 22.9 Å². The minimum Gasteiger partial charge on any atom is -0.492 e. The number of rotatable bonds is 4.